The van der Waals surface area contributed by atoms with Crippen LogP contribution in [0.3, 0.4) is 0 Å². The molecule has 0 radical (unpaired) electrons. The summed E-state index contributed by atoms with van der Waals surface area (Å²) in [5, 5.41) is 0. The summed E-state index contributed by atoms with van der Waals surface area (Å²) >= 11 is 5.83. The second-order valence-electron chi connectivity index (χ2n) is 4.68. The Morgan fingerprint density at radius 1 is 0.680 bits per heavy atom. The number of rotatable bonds is 4. The molecule has 0 spiro atoms. The SMILES string of the molecule is FC(F)(F)c1cc(Br)ccc1OBOc1ccc(Br)cc1C(F)(F)F. The van der Waals surface area contributed by atoms with E-state index in [0.29, 0.717) is 0 Å². The number of hydrogen-bond acceptors (Lipinski definition) is 2. The normalized spacial score (nSPS) is 12.0. The molecule has 2 nitrogen and oxygen atoms in total. The molecule has 0 N–H and O–H groups in total. The molecular formula is C14H7BBr2F6O2. The summed E-state index contributed by atoms with van der Waals surface area (Å²) in [6, 6.07) is 6.31. The molecule has 0 atom stereocenters. The number of hydrogen-bond donors (Lipinski definition) is 0. The van der Waals surface area contributed by atoms with Crippen molar-refractivity contribution in [3.8, 4) is 11.5 Å². The second kappa shape index (κ2) is 7.49. The van der Waals surface area contributed by atoms with Gasteiger partial charge >= 0.3 is 20.0 Å². The minimum atomic E-state index is -4.69. The predicted octanol–water partition coefficient (Wildman–Crippen LogP) is 5.97. The van der Waals surface area contributed by atoms with Crippen molar-refractivity contribution in [3.05, 3.63) is 56.5 Å². The van der Waals surface area contributed by atoms with Gasteiger partial charge in [-0.05, 0) is 36.4 Å². The lowest BCUT2D eigenvalue weighted by atomic mass is 10.1. The average molecular weight is 492 g/mol. The molecule has 0 aliphatic carbocycles. The van der Waals surface area contributed by atoms with Gasteiger partial charge in [0, 0.05) is 8.95 Å². The minimum Gasteiger partial charge on any atom is -0.528 e. The maximum atomic E-state index is 12.9. The zero-order chi connectivity index (χ0) is 18.8. The third kappa shape index (κ3) is 5.31. The van der Waals surface area contributed by atoms with E-state index in [1.807, 2.05) is 0 Å². The first-order chi connectivity index (χ1) is 11.5. The van der Waals surface area contributed by atoms with Crippen molar-refractivity contribution in [1.29, 1.82) is 0 Å². The molecule has 134 valence electrons. The molecule has 0 heterocycles. The van der Waals surface area contributed by atoms with Gasteiger partial charge < -0.3 is 9.31 Å². The van der Waals surface area contributed by atoms with E-state index >= 15 is 0 Å². The molecule has 0 aliphatic rings. The first-order valence-corrected chi connectivity index (χ1v) is 8.06. The molecule has 2 rings (SSSR count). The van der Waals surface area contributed by atoms with E-state index in [-0.39, 0.29) is 8.95 Å². The summed E-state index contributed by atoms with van der Waals surface area (Å²) in [4.78, 5) is 0. The van der Waals surface area contributed by atoms with Gasteiger partial charge in [-0.1, -0.05) is 31.9 Å². The molecule has 0 aromatic heterocycles. The lowest BCUT2D eigenvalue weighted by Crippen LogP contribution is -2.17. The molecule has 0 saturated carbocycles. The van der Waals surface area contributed by atoms with Crippen LogP contribution in [0.5, 0.6) is 11.5 Å². The van der Waals surface area contributed by atoms with Crippen LogP contribution in [0.4, 0.5) is 26.3 Å². The van der Waals surface area contributed by atoms with Crippen molar-refractivity contribution < 1.29 is 35.7 Å². The van der Waals surface area contributed by atoms with Gasteiger partial charge in [0.1, 0.15) is 11.5 Å². The summed E-state index contributed by atoms with van der Waals surface area (Å²) in [5.41, 5.74) is -2.14. The van der Waals surface area contributed by atoms with Gasteiger partial charge in [0.05, 0.1) is 11.1 Å². The van der Waals surface area contributed by atoms with Gasteiger partial charge in [0.15, 0.2) is 0 Å². The van der Waals surface area contributed by atoms with Crippen molar-refractivity contribution in [1.82, 2.24) is 0 Å². The topological polar surface area (TPSA) is 18.5 Å². The van der Waals surface area contributed by atoms with Gasteiger partial charge in [-0.2, -0.15) is 26.3 Å². The average Bonchev–Trinajstić information content (AvgIpc) is 2.48. The number of benzene rings is 2. The predicted molar refractivity (Wildman–Crippen MR) is 86.7 cm³/mol. The Hall–Kier alpha value is -1.36. The van der Waals surface area contributed by atoms with Crippen molar-refractivity contribution in [2.24, 2.45) is 0 Å². The van der Waals surface area contributed by atoms with Crippen molar-refractivity contribution in [2.45, 2.75) is 12.4 Å². The highest BCUT2D eigenvalue weighted by Crippen LogP contribution is 2.39. The highest BCUT2D eigenvalue weighted by molar-refractivity contribution is 9.10. The van der Waals surface area contributed by atoms with E-state index in [9.17, 15) is 26.3 Å². The minimum absolute atomic E-state index is 0.181. The lowest BCUT2D eigenvalue weighted by molar-refractivity contribution is -0.139. The Kier molecular flexibility index (Phi) is 5.98. The maximum absolute atomic E-state index is 12.9. The van der Waals surface area contributed by atoms with Crippen LogP contribution in [0.15, 0.2) is 45.3 Å². The lowest BCUT2D eigenvalue weighted by Gasteiger charge is -2.16. The van der Waals surface area contributed by atoms with Crippen LogP contribution < -0.4 is 9.31 Å². The maximum Gasteiger partial charge on any atom is 0.576 e. The summed E-state index contributed by atoms with van der Waals surface area (Å²) in [5.74, 6) is -1.11. The summed E-state index contributed by atoms with van der Waals surface area (Å²) in [6.45, 7) is 0. The Morgan fingerprint density at radius 3 is 1.36 bits per heavy atom. The molecule has 0 amide bonds. The third-order valence-electron chi connectivity index (χ3n) is 2.92. The van der Waals surface area contributed by atoms with E-state index in [2.05, 4.69) is 31.9 Å². The van der Waals surface area contributed by atoms with E-state index in [4.69, 9.17) is 9.31 Å². The Balaban J connectivity index is 2.18. The smallest absolute Gasteiger partial charge is 0.528 e. The van der Waals surface area contributed by atoms with Gasteiger partial charge in [0.2, 0.25) is 0 Å². The quantitative estimate of drug-likeness (QED) is 0.387. The largest absolute Gasteiger partial charge is 0.576 e. The van der Waals surface area contributed by atoms with E-state index < -0.39 is 42.7 Å². The molecule has 0 fully saturated rings. The highest BCUT2D eigenvalue weighted by Gasteiger charge is 2.36. The number of halogens is 8. The molecule has 0 unspecified atom stereocenters. The molecule has 0 saturated heterocycles. The Morgan fingerprint density at radius 2 is 1.04 bits per heavy atom. The molecule has 0 aliphatic heterocycles. The molecule has 2 aromatic carbocycles. The Labute approximate surface area is 155 Å². The molecule has 0 bridgehead atoms. The van der Waals surface area contributed by atoms with Crippen LogP contribution in [0.1, 0.15) is 11.1 Å². The fourth-order valence-corrected chi connectivity index (χ4v) is 2.58. The van der Waals surface area contributed by atoms with E-state index in [0.717, 1.165) is 24.3 Å². The van der Waals surface area contributed by atoms with Crippen LogP contribution in [0.25, 0.3) is 0 Å². The Bertz CT molecular complexity index is 700. The monoisotopic (exact) mass is 490 g/mol. The molecule has 2 aromatic rings. The fraction of sp³-hybridized carbons (Fsp3) is 0.143. The van der Waals surface area contributed by atoms with Crippen LogP contribution in [0.2, 0.25) is 0 Å². The van der Waals surface area contributed by atoms with Gasteiger partial charge in [-0.3, -0.25) is 0 Å². The van der Waals surface area contributed by atoms with E-state index in [1.54, 1.807) is 0 Å². The summed E-state index contributed by atoms with van der Waals surface area (Å²) < 4.78 is 87.8. The number of alkyl halides is 6. The molecule has 11 heteroatoms. The standard InChI is InChI=1S/C14H7BBr2F6O2/c16-7-1-3-11(9(5-7)13(18,19)20)24-15-25-12-4-2-8(17)6-10(12)14(21,22)23/h1-6,15H. The second-order valence-corrected chi connectivity index (χ2v) is 6.51. The summed E-state index contributed by atoms with van der Waals surface area (Å²) in [7, 11) is -0.824. The van der Waals surface area contributed by atoms with Crippen molar-refractivity contribution >= 4 is 39.5 Å². The summed E-state index contributed by atoms with van der Waals surface area (Å²) in [6.07, 6.45) is -9.37. The zero-order valence-corrected chi connectivity index (χ0v) is 15.2. The van der Waals surface area contributed by atoms with Crippen molar-refractivity contribution in [2.75, 3.05) is 0 Å². The highest BCUT2D eigenvalue weighted by atomic mass is 79.9. The fourth-order valence-electron chi connectivity index (χ4n) is 1.86. The van der Waals surface area contributed by atoms with Crippen LogP contribution in [-0.2, 0) is 12.4 Å². The first-order valence-electron chi connectivity index (χ1n) is 6.47. The van der Waals surface area contributed by atoms with Crippen molar-refractivity contribution in [3.63, 3.8) is 0 Å². The van der Waals surface area contributed by atoms with E-state index in [1.165, 1.54) is 12.1 Å². The molecular weight excluding hydrogens is 485 g/mol. The first kappa shape index (κ1) is 20.0. The zero-order valence-electron chi connectivity index (χ0n) is 12.0. The van der Waals surface area contributed by atoms with Crippen LogP contribution in [0, 0.1) is 0 Å². The third-order valence-corrected chi connectivity index (χ3v) is 3.91. The van der Waals surface area contributed by atoms with Gasteiger partial charge in [-0.25, -0.2) is 0 Å². The van der Waals surface area contributed by atoms with Crippen LogP contribution in [-0.4, -0.2) is 7.69 Å². The molecule has 25 heavy (non-hydrogen) atoms. The van der Waals surface area contributed by atoms with Gasteiger partial charge in [-0.15, -0.1) is 0 Å². The van der Waals surface area contributed by atoms with Crippen LogP contribution >= 0.6 is 31.9 Å². The van der Waals surface area contributed by atoms with Gasteiger partial charge in [0.25, 0.3) is 0 Å².